The van der Waals surface area contributed by atoms with Crippen molar-refractivity contribution in [2.75, 3.05) is 32.4 Å². The third kappa shape index (κ3) is 4.33. The van der Waals surface area contributed by atoms with Crippen LogP contribution in [-0.2, 0) is 15.7 Å². The topological polar surface area (TPSA) is 20.3 Å². The van der Waals surface area contributed by atoms with Gasteiger partial charge >= 0.3 is 0 Å². The van der Waals surface area contributed by atoms with Gasteiger partial charge in [-0.1, -0.05) is 0 Å². The largest absolute Gasteiger partial charge is 0.345 e. The quantitative estimate of drug-likeness (QED) is 0.503. The fraction of sp³-hybridized carbons (Fsp3) is 0.833. The maximum absolute atomic E-state index is 10.9. The molecular formula is C6H14NOS+. The van der Waals surface area contributed by atoms with E-state index in [1.807, 2.05) is 0 Å². The summed E-state index contributed by atoms with van der Waals surface area (Å²) < 4.78 is 0. The van der Waals surface area contributed by atoms with E-state index >= 15 is 0 Å². The van der Waals surface area contributed by atoms with E-state index in [0.717, 1.165) is 0 Å². The highest BCUT2D eigenvalue weighted by Gasteiger charge is 2.11. The van der Waals surface area contributed by atoms with Crippen molar-refractivity contribution >= 4 is 16.8 Å². The first kappa shape index (κ1) is 8.82. The maximum Gasteiger partial charge on any atom is 0.271 e. The Morgan fingerprint density at radius 2 is 1.89 bits per heavy atom. The minimum absolute atomic E-state index is 0.225. The van der Waals surface area contributed by atoms with Crippen LogP contribution < -0.4 is 0 Å². The van der Waals surface area contributed by atoms with Gasteiger partial charge in [0, 0.05) is 14.1 Å². The number of carbonyl (C=O) groups is 1. The van der Waals surface area contributed by atoms with Crippen LogP contribution in [0.3, 0.4) is 0 Å². The first-order valence-electron chi connectivity index (χ1n) is 2.78. The van der Waals surface area contributed by atoms with Crippen LogP contribution in [0.25, 0.3) is 0 Å². The smallest absolute Gasteiger partial charge is 0.271 e. The van der Waals surface area contributed by atoms with Gasteiger partial charge in [-0.25, -0.2) is 0 Å². The number of carbonyl (C=O) groups excluding carboxylic acids is 1. The molecule has 0 rings (SSSR count). The van der Waals surface area contributed by atoms with Gasteiger partial charge in [0.2, 0.25) is 0 Å². The Bertz CT molecular complexity index is 101. The predicted octanol–water partition coefficient (Wildman–Crippen LogP) is -0.0475. The molecule has 0 atom stereocenters. The van der Waals surface area contributed by atoms with Crippen molar-refractivity contribution in [3.8, 4) is 0 Å². The van der Waals surface area contributed by atoms with E-state index < -0.39 is 0 Å². The van der Waals surface area contributed by atoms with E-state index in [9.17, 15) is 4.79 Å². The van der Waals surface area contributed by atoms with E-state index in [4.69, 9.17) is 0 Å². The average molecular weight is 148 g/mol. The number of amides is 1. The van der Waals surface area contributed by atoms with Crippen molar-refractivity contribution in [2.24, 2.45) is 0 Å². The molecule has 0 unspecified atom stereocenters. The molecule has 9 heavy (non-hydrogen) atoms. The molecule has 0 radical (unpaired) electrons. The Morgan fingerprint density at radius 3 is 2.00 bits per heavy atom. The van der Waals surface area contributed by atoms with Crippen molar-refractivity contribution in [2.45, 2.75) is 0 Å². The van der Waals surface area contributed by atoms with E-state index in [0.29, 0.717) is 5.75 Å². The molecule has 0 aliphatic heterocycles. The molecule has 0 spiro atoms. The summed E-state index contributed by atoms with van der Waals surface area (Å²) in [6, 6.07) is 0. The molecule has 1 amide bonds. The summed E-state index contributed by atoms with van der Waals surface area (Å²) in [7, 11) is 3.82. The summed E-state index contributed by atoms with van der Waals surface area (Å²) in [6.07, 6.45) is 4.14. The van der Waals surface area contributed by atoms with Gasteiger partial charge in [-0.2, -0.15) is 0 Å². The molecule has 2 nitrogen and oxygen atoms in total. The van der Waals surface area contributed by atoms with Gasteiger partial charge in [0.1, 0.15) is 0 Å². The van der Waals surface area contributed by atoms with Crippen LogP contribution in [0, 0.1) is 0 Å². The van der Waals surface area contributed by atoms with Crippen molar-refractivity contribution in [3.63, 3.8) is 0 Å². The van der Waals surface area contributed by atoms with Crippen LogP contribution in [0.1, 0.15) is 0 Å². The molecule has 0 fully saturated rings. The van der Waals surface area contributed by atoms with Gasteiger partial charge in [0.15, 0.2) is 5.75 Å². The Balaban J connectivity index is 3.51. The van der Waals surface area contributed by atoms with Crippen LogP contribution in [0.4, 0.5) is 0 Å². The van der Waals surface area contributed by atoms with E-state index in [1.54, 1.807) is 19.0 Å². The summed E-state index contributed by atoms with van der Waals surface area (Å²) in [4.78, 5) is 12.5. The zero-order chi connectivity index (χ0) is 7.44. The van der Waals surface area contributed by atoms with Crippen molar-refractivity contribution in [1.29, 1.82) is 0 Å². The third-order valence-electron chi connectivity index (χ3n) is 0.911. The number of rotatable bonds is 2. The van der Waals surface area contributed by atoms with Gasteiger partial charge in [0.25, 0.3) is 5.91 Å². The molecule has 0 aromatic carbocycles. The second-order valence-corrected chi connectivity index (χ2v) is 4.68. The highest BCUT2D eigenvalue weighted by atomic mass is 32.2. The summed E-state index contributed by atoms with van der Waals surface area (Å²) in [5.41, 5.74) is 0. The van der Waals surface area contributed by atoms with Crippen LogP contribution >= 0.6 is 0 Å². The molecule has 54 valence electrons. The second kappa shape index (κ2) is 3.77. The standard InChI is InChI=1S/C6H14NOS/c1-7(2)6(8)5-9(3)4/h5H2,1-4H3/q+1. The summed E-state index contributed by atoms with van der Waals surface area (Å²) in [5.74, 6) is 0.913. The molecule has 0 aliphatic carbocycles. The van der Waals surface area contributed by atoms with Crippen LogP contribution in [0.5, 0.6) is 0 Å². The van der Waals surface area contributed by atoms with Gasteiger partial charge in [-0.05, 0) is 10.9 Å². The van der Waals surface area contributed by atoms with Crippen LogP contribution in [0.2, 0.25) is 0 Å². The number of nitrogens with zero attached hydrogens (tertiary/aromatic N) is 1. The van der Waals surface area contributed by atoms with Gasteiger partial charge in [-0.3, -0.25) is 4.79 Å². The minimum Gasteiger partial charge on any atom is -0.345 e. The lowest BCUT2D eigenvalue weighted by Crippen LogP contribution is -2.28. The molecule has 0 heterocycles. The molecular weight excluding hydrogens is 134 g/mol. The first-order chi connectivity index (χ1) is 4.04. The number of hydrogen-bond acceptors (Lipinski definition) is 1. The lowest BCUT2D eigenvalue weighted by molar-refractivity contribution is -0.125. The molecule has 0 saturated carbocycles. The second-order valence-electron chi connectivity index (χ2n) is 2.42. The fourth-order valence-corrected chi connectivity index (χ4v) is 1.13. The minimum atomic E-state index is 0.225. The maximum atomic E-state index is 10.9. The normalized spacial score (nSPS) is 9.89. The zero-order valence-electron chi connectivity index (χ0n) is 6.47. The summed E-state index contributed by atoms with van der Waals surface area (Å²) in [5, 5.41) is 0. The average Bonchev–Trinajstić information content (AvgIpc) is 1.63. The monoisotopic (exact) mass is 148 g/mol. The molecule has 0 bridgehead atoms. The lowest BCUT2D eigenvalue weighted by atomic mass is 10.6. The van der Waals surface area contributed by atoms with Crippen LogP contribution in [0.15, 0.2) is 0 Å². The fourth-order valence-electron chi connectivity index (χ4n) is 0.376. The molecule has 0 aromatic heterocycles. The van der Waals surface area contributed by atoms with Crippen molar-refractivity contribution in [3.05, 3.63) is 0 Å². The summed E-state index contributed by atoms with van der Waals surface area (Å²) >= 11 is 0. The predicted molar refractivity (Wildman–Crippen MR) is 42.8 cm³/mol. The van der Waals surface area contributed by atoms with E-state index in [-0.39, 0.29) is 16.8 Å². The van der Waals surface area contributed by atoms with Crippen molar-refractivity contribution in [1.82, 2.24) is 4.90 Å². The van der Waals surface area contributed by atoms with E-state index in [2.05, 4.69) is 12.5 Å². The van der Waals surface area contributed by atoms with Gasteiger partial charge < -0.3 is 4.90 Å². The Hall–Kier alpha value is -0.180. The van der Waals surface area contributed by atoms with Gasteiger partial charge in [-0.15, -0.1) is 0 Å². The molecule has 0 N–H and O–H groups in total. The third-order valence-corrected chi connectivity index (χ3v) is 1.74. The Kier molecular flexibility index (Phi) is 3.70. The van der Waals surface area contributed by atoms with Crippen LogP contribution in [-0.4, -0.2) is 43.2 Å². The zero-order valence-corrected chi connectivity index (χ0v) is 7.29. The van der Waals surface area contributed by atoms with Gasteiger partial charge in [0.05, 0.1) is 12.5 Å². The molecule has 0 saturated heterocycles. The highest BCUT2D eigenvalue weighted by Crippen LogP contribution is 1.86. The SMILES string of the molecule is CN(C)C(=O)C[S+](C)C. The molecule has 3 heteroatoms. The first-order valence-corrected chi connectivity index (χ1v) is 4.99. The molecule has 0 aromatic rings. The van der Waals surface area contributed by atoms with E-state index in [1.165, 1.54) is 0 Å². The highest BCUT2D eigenvalue weighted by molar-refractivity contribution is 7.96. The Labute approximate surface area is 59.6 Å². The number of hydrogen-bond donors (Lipinski definition) is 0. The lowest BCUT2D eigenvalue weighted by Gasteiger charge is -2.06. The Morgan fingerprint density at radius 1 is 1.44 bits per heavy atom. The van der Waals surface area contributed by atoms with Crippen molar-refractivity contribution < 1.29 is 4.79 Å². The summed E-state index contributed by atoms with van der Waals surface area (Å²) in [6.45, 7) is 0. The molecule has 0 aliphatic rings.